The predicted octanol–water partition coefficient (Wildman–Crippen LogP) is 13.7. The molecule has 3 N–H and O–H groups in total. The molecule has 0 heterocycles. The molecule has 0 aliphatic heterocycles. The van der Waals surface area contributed by atoms with E-state index in [1.807, 2.05) is 0 Å². The summed E-state index contributed by atoms with van der Waals surface area (Å²) in [6, 6.07) is 0. The van der Waals surface area contributed by atoms with Gasteiger partial charge in [0.2, 0.25) is 0 Å². The lowest BCUT2D eigenvalue weighted by Gasteiger charge is -2.20. The molecule has 356 valence electrons. The Hall–Kier alpha value is -2.07. The summed E-state index contributed by atoms with van der Waals surface area (Å²) in [6.45, 7) is 2.30. The summed E-state index contributed by atoms with van der Waals surface area (Å²) in [5, 5.41) is 18.4. The molecule has 0 aromatic carbocycles. The second kappa shape index (κ2) is 45.9. The zero-order valence-electron chi connectivity index (χ0n) is 38.9. The van der Waals surface area contributed by atoms with Gasteiger partial charge in [-0.15, -0.1) is 0 Å². The summed E-state index contributed by atoms with van der Waals surface area (Å²) < 4.78 is 32.7. The third-order valence-electron chi connectivity index (χ3n) is 10.5. The Morgan fingerprint density at radius 3 is 1.38 bits per heavy atom. The largest absolute Gasteiger partial charge is 0.472 e. The van der Waals surface area contributed by atoms with Crippen LogP contribution < -0.4 is 0 Å². The highest BCUT2D eigenvalue weighted by Gasteiger charge is 2.27. The van der Waals surface area contributed by atoms with Gasteiger partial charge in [0.15, 0.2) is 6.10 Å². The minimum Gasteiger partial charge on any atom is -0.462 e. The highest BCUT2D eigenvalue weighted by Crippen LogP contribution is 2.43. The van der Waals surface area contributed by atoms with Gasteiger partial charge in [-0.05, 0) is 70.6 Å². The van der Waals surface area contributed by atoms with Crippen LogP contribution in [-0.4, -0.2) is 65.7 Å². The SMILES string of the molecule is CCCCC/C=C/C/C=C/C/C=C/CCCCC(=O)O[C@@H](COC(=O)CCC/C=C/CCCCCCCCCCCCCCCCCCCC)COP(=O)(O)OC[C@H](O)CO. The Labute approximate surface area is 373 Å². The zero-order valence-corrected chi connectivity index (χ0v) is 39.8. The van der Waals surface area contributed by atoms with Gasteiger partial charge in [-0.25, -0.2) is 4.57 Å². The number of hydrogen-bond acceptors (Lipinski definition) is 9. The van der Waals surface area contributed by atoms with Gasteiger partial charge in [-0.2, -0.15) is 0 Å². The zero-order chi connectivity index (χ0) is 44.8. The van der Waals surface area contributed by atoms with Crippen molar-refractivity contribution in [1.82, 2.24) is 0 Å². The lowest BCUT2D eigenvalue weighted by molar-refractivity contribution is -0.161. The van der Waals surface area contributed by atoms with Gasteiger partial charge in [0.1, 0.15) is 12.7 Å². The Morgan fingerprint density at radius 2 is 0.869 bits per heavy atom. The van der Waals surface area contributed by atoms with E-state index >= 15 is 0 Å². The van der Waals surface area contributed by atoms with Crippen LogP contribution >= 0.6 is 7.82 Å². The molecule has 0 aromatic rings. The Kier molecular flexibility index (Phi) is 44.4. The Bertz CT molecular complexity index is 1150. The molecule has 61 heavy (non-hydrogen) atoms. The maximum atomic E-state index is 12.6. The number of phosphoric acid groups is 1. The number of aliphatic hydroxyl groups excluding tert-OH is 2. The van der Waals surface area contributed by atoms with Crippen LogP contribution in [-0.2, 0) is 32.7 Å². The van der Waals surface area contributed by atoms with Gasteiger partial charge < -0.3 is 24.6 Å². The van der Waals surface area contributed by atoms with Crippen molar-refractivity contribution >= 4 is 19.8 Å². The average molecular weight is 883 g/mol. The molecule has 0 saturated carbocycles. The molecule has 0 amide bonds. The molecule has 1 unspecified atom stereocenters. The van der Waals surface area contributed by atoms with E-state index in [0.717, 1.165) is 44.9 Å². The van der Waals surface area contributed by atoms with Gasteiger partial charge in [-0.3, -0.25) is 18.6 Å². The molecule has 3 atom stereocenters. The maximum Gasteiger partial charge on any atom is 0.472 e. The number of carbonyl (C=O) groups is 2. The van der Waals surface area contributed by atoms with Crippen LogP contribution in [0.3, 0.4) is 0 Å². The first-order valence-corrected chi connectivity index (χ1v) is 26.1. The number of rotatable bonds is 46. The minimum absolute atomic E-state index is 0.130. The van der Waals surface area contributed by atoms with Gasteiger partial charge >= 0.3 is 19.8 Å². The number of phosphoric ester groups is 1. The number of esters is 2. The number of hydrogen-bond donors (Lipinski definition) is 3. The number of carbonyl (C=O) groups excluding carboxylic acids is 2. The predicted molar refractivity (Wildman–Crippen MR) is 251 cm³/mol. The number of unbranched alkanes of at least 4 members (excludes halogenated alkanes) is 24. The van der Waals surface area contributed by atoms with Crippen molar-refractivity contribution in [3.63, 3.8) is 0 Å². The smallest absolute Gasteiger partial charge is 0.462 e. The van der Waals surface area contributed by atoms with E-state index in [0.29, 0.717) is 12.8 Å². The quantitative estimate of drug-likeness (QED) is 0.0233. The number of ether oxygens (including phenoxy) is 2. The molecule has 0 aliphatic rings. The van der Waals surface area contributed by atoms with Crippen LogP contribution in [0.5, 0.6) is 0 Å². The van der Waals surface area contributed by atoms with Crippen molar-refractivity contribution in [1.29, 1.82) is 0 Å². The van der Waals surface area contributed by atoms with Gasteiger partial charge in [0.25, 0.3) is 0 Å². The Balaban J connectivity index is 4.23. The van der Waals surface area contributed by atoms with Crippen molar-refractivity contribution in [2.75, 3.05) is 26.4 Å². The topological polar surface area (TPSA) is 149 Å². The van der Waals surface area contributed by atoms with Gasteiger partial charge in [-0.1, -0.05) is 184 Å². The summed E-state index contributed by atoms with van der Waals surface area (Å²) in [6.07, 6.45) is 51.0. The molecule has 0 rings (SSSR count). The molecule has 0 aromatic heterocycles. The number of aliphatic hydroxyl groups is 2. The summed E-state index contributed by atoms with van der Waals surface area (Å²) in [4.78, 5) is 35.0. The molecule has 0 bridgehead atoms. The lowest BCUT2D eigenvalue weighted by atomic mass is 10.0. The normalized spacial score (nSPS) is 14.1. The fourth-order valence-electron chi connectivity index (χ4n) is 6.65. The van der Waals surface area contributed by atoms with Crippen molar-refractivity contribution in [2.24, 2.45) is 0 Å². The molecular weight excluding hydrogens is 792 g/mol. The van der Waals surface area contributed by atoms with E-state index in [-0.39, 0.29) is 19.4 Å². The van der Waals surface area contributed by atoms with Crippen molar-refractivity contribution < 1.29 is 47.8 Å². The lowest BCUT2D eigenvalue weighted by Crippen LogP contribution is -2.29. The van der Waals surface area contributed by atoms with E-state index in [9.17, 15) is 24.2 Å². The number of allylic oxidation sites excluding steroid dienone is 8. The van der Waals surface area contributed by atoms with Crippen LogP contribution in [0.2, 0.25) is 0 Å². The van der Waals surface area contributed by atoms with Crippen LogP contribution in [0.15, 0.2) is 48.6 Å². The monoisotopic (exact) mass is 883 g/mol. The fourth-order valence-corrected chi connectivity index (χ4v) is 7.44. The van der Waals surface area contributed by atoms with Crippen molar-refractivity contribution in [2.45, 2.75) is 232 Å². The summed E-state index contributed by atoms with van der Waals surface area (Å²) in [5.74, 6) is -1.00. The first kappa shape index (κ1) is 58.9. The second-order valence-electron chi connectivity index (χ2n) is 16.5. The molecule has 10 nitrogen and oxygen atoms in total. The molecular formula is C50H91O10P. The molecule has 0 saturated heterocycles. The van der Waals surface area contributed by atoms with E-state index < -0.39 is 51.8 Å². The molecule has 0 fully saturated rings. The average Bonchev–Trinajstić information content (AvgIpc) is 3.25. The summed E-state index contributed by atoms with van der Waals surface area (Å²) >= 11 is 0. The van der Waals surface area contributed by atoms with Gasteiger partial charge in [0, 0.05) is 12.8 Å². The first-order valence-electron chi connectivity index (χ1n) is 24.6. The van der Waals surface area contributed by atoms with Crippen LogP contribution in [0, 0.1) is 0 Å². The standard InChI is InChI=1S/C50H91O10P/c1-3-5-7-9-11-13-15-17-19-20-21-22-23-24-25-26-28-29-31-33-35-37-39-41-49(53)57-45-48(46-59-61(55,56)58-44-47(52)43-51)60-50(54)42-40-38-36-34-32-30-27-18-16-14-12-10-8-6-4-2/h12,14,18,27,32-35,47-48,51-52H,3-11,13,15-17,19-26,28-31,36-46H2,1-2H3,(H,55,56)/b14-12+,27-18+,34-32+,35-33+/t47-,48+/m1/s1. The highest BCUT2D eigenvalue weighted by molar-refractivity contribution is 7.47. The van der Waals surface area contributed by atoms with Crippen LogP contribution in [0.4, 0.5) is 0 Å². The van der Waals surface area contributed by atoms with E-state index in [1.165, 1.54) is 135 Å². The van der Waals surface area contributed by atoms with E-state index in [1.54, 1.807) is 0 Å². The molecule has 0 aliphatic carbocycles. The molecule has 0 radical (unpaired) electrons. The molecule has 11 heteroatoms. The van der Waals surface area contributed by atoms with Crippen molar-refractivity contribution in [3.05, 3.63) is 48.6 Å². The maximum absolute atomic E-state index is 12.6. The third kappa shape index (κ3) is 45.8. The third-order valence-corrected chi connectivity index (χ3v) is 11.4. The van der Waals surface area contributed by atoms with E-state index in [4.69, 9.17) is 23.6 Å². The summed E-state index contributed by atoms with van der Waals surface area (Å²) in [5.41, 5.74) is 0. The Morgan fingerprint density at radius 1 is 0.492 bits per heavy atom. The first-order chi connectivity index (χ1) is 29.7. The fraction of sp³-hybridized carbons (Fsp3) is 0.800. The second-order valence-corrected chi connectivity index (χ2v) is 17.9. The minimum atomic E-state index is -4.64. The molecule has 0 spiro atoms. The van der Waals surface area contributed by atoms with Crippen LogP contribution in [0.1, 0.15) is 219 Å². The van der Waals surface area contributed by atoms with Gasteiger partial charge in [0.05, 0.1) is 19.8 Å². The van der Waals surface area contributed by atoms with E-state index in [2.05, 4.69) is 62.5 Å². The highest BCUT2D eigenvalue weighted by atomic mass is 31.2. The summed E-state index contributed by atoms with van der Waals surface area (Å²) in [7, 11) is -4.64. The van der Waals surface area contributed by atoms with Crippen LogP contribution in [0.25, 0.3) is 0 Å². The van der Waals surface area contributed by atoms with Crippen molar-refractivity contribution in [3.8, 4) is 0 Å².